The van der Waals surface area contributed by atoms with Gasteiger partial charge in [-0.3, -0.25) is 4.79 Å². The normalized spacial score (nSPS) is 11.7. The number of anilines is 1. The van der Waals surface area contributed by atoms with E-state index in [4.69, 9.17) is 0 Å². The van der Waals surface area contributed by atoms with Gasteiger partial charge in [-0.2, -0.15) is 0 Å². The molecule has 0 bridgehead atoms. The molecule has 0 unspecified atom stereocenters. The van der Waals surface area contributed by atoms with Crippen LogP contribution in [0.2, 0.25) is 0 Å². The third-order valence-corrected chi connectivity index (χ3v) is 4.58. The number of unbranched alkanes of at least 4 members (excludes halogenated alkanes) is 2. The fourth-order valence-electron chi connectivity index (χ4n) is 2.01. The molecule has 0 saturated carbocycles. The Bertz CT molecular complexity index is 636. The lowest BCUT2D eigenvalue weighted by Gasteiger charge is -2.19. The van der Waals surface area contributed by atoms with Crippen molar-refractivity contribution in [3.05, 3.63) is 29.8 Å². The van der Waals surface area contributed by atoms with Crippen molar-refractivity contribution in [1.82, 2.24) is 4.31 Å². The highest BCUT2D eigenvalue weighted by molar-refractivity contribution is 7.88. The van der Waals surface area contributed by atoms with Crippen molar-refractivity contribution >= 4 is 21.6 Å². The summed E-state index contributed by atoms with van der Waals surface area (Å²) in [5.41, 5.74) is -0.131. The van der Waals surface area contributed by atoms with Crippen LogP contribution in [-0.2, 0) is 14.8 Å². The van der Waals surface area contributed by atoms with E-state index in [1.54, 1.807) is 0 Å². The Labute approximate surface area is 135 Å². The Kier molecular flexibility index (Phi) is 7.57. The van der Waals surface area contributed by atoms with E-state index in [1.807, 2.05) is 6.92 Å². The molecule has 0 aliphatic carbocycles. The summed E-state index contributed by atoms with van der Waals surface area (Å²) < 4.78 is 50.8. The minimum absolute atomic E-state index is 0.0250. The summed E-state index contributed by atoms with van der Waals surface area (Å²) in [5.74, 6) is -2.14. The van der Waals surface area contributed by atoms with Crippen LogP contribution in [0, 0.1) is 11.6 Å². The topological polar surface area (TPSA) is 66.5 Å². The van der Waals surface area contributed by atoms with E-state index >= 15 is 0 Å². The van der Waals surface area contributed by atoms with Gasteiger partial charge in [0.15, 0.2) is 0 Å². The molecular formula is C15H22F2N2O3S. The molecule has 5 nitrogen and oxygen atoms in total. The minimum Gasteiger partial charge on any atom is -0.324 e. The molecule has 1 rings (SSSR count). The maximum atomic E-state index is 13.4. The molecule has 130 valence electrons. The van der Waals surface area contributed by atoms with Crippen molar-refractivity contribution in [2.24, 2.45) is 0 Å². The van der Waals surface area contributed by atoms with E-state index in [1.165, 1.54) is 4.31 Å². The average molecular weight is 348 g/mol. The first-order chi connectivity index (χ1) is 10.7. The second-order valence-electron chi connectivity index (χ2n) is 5.29. The Morgan fingerprint density at radius 2 is 1.91 bits per heavy atom. The number of rotatable bonds is 9. The van der Waals surface area contributed by atoms with Gasteiger partial charge < -0.3 is 5.32 Å². The minimum atomic E-state index is -3.40. The predicted octanol–water partition coefficient (Wildman–Crippen LogP) is 2.75. The number of benzene rings is 1. The van der Waals surface area contributed by atoms with Crippen molar-refractivity contribution in [2.75, 3.05) is 24.7 Å². The Balaban J connectivity index is 2.57. The molecule has 0 aromatic heterocycles. The van der Waals surface area contributed by atoms with Crippen molar-refractivity contribution < 1.29 is 22.0 Å². The van der Waals surface area contributed by atoms with Crippen LogP contribution in [0.3, 0.4) is 0 Å². The first-order valence-corrected chi connectivity index (χ1v) is 9.29. The average Bonchev–Trinajstić information content (AvgIpc) is 2.44. The summed E-state index contributed by atoms with van der Waals surface area (Å²) in [6.07, 6.45) is 3.57. The van der Waals surface area contributed by atoms with E-state index in [0.29, 0.717) is 12.6 Å². The highest BCUT2D eigenvalue weighted by Crippen LogP contribution is 2.15. The van der Waals surface area contributed by atoms with Crippen molar-refractivity contribution in [3.63, 3.8) is 0 Å². The van der Waals surface area contributed by atoms with E-state index in [9.17, 15) is 22.0 Å². The smallest absolute Gasteiger partial charge is 0.225 e. The maximum Gasteiger partial charge on any atom is 0.225 e. The summed E-state index contributed by atoms with van der Waals surface area (Å²) >= 11 is 0. The molecule has 1 amide bonds. The SMILES string of the molecule is CCCCCN(CCC(=O)Nc1ccc(F)cc1F)S(C)(=O)=O. The zero-order chi connectivity index (χ0) is 17.5. The van der Waals surface area contributed by atoms with Crippen LogP contribution in [0.1, 0.15) is 32.6 Å². The van der Waals surface area contributed by atoms with Crippen LogP contribution in [0.5, 0.6) is 0 Å². The van der Waals surface area contributed by atoms with Gasteiger partial charge in [-0.05, 0) is 18.6 Å². The third kappa shape index (κ3) is 7.04. The molecule has 1 N–H and O–H groups in total. The molecule has 0 spiro atoms. The molecular weight excluding hydrogens is 326 g/mol. The van der Waals surface area contributed by atoms with Gasteiger partial charge in [0.05, 0.1) is 11.9 Å². The molecule has 1 aromatic rings. The quantitative estimate of drug-likeness (QED) is 0.698. The monoisotopic (exact) mass is 348 g/mol. The summed E-state index contributed by atoms with van der Waals surface area (Å²) in [6.45, 7) is 2.39. The molecule has 0 aliphatic heterocycles. The van der Waals surface area contributed by atoms with Gasteiger partial charge in [-0.15, -0.1) is 0 Å². The first-order valence-electron chi connectivity index (χ1n) is 7.44. The number of nitrogens with zero attached hydrogens (tertiary/aromatic N) is 1. The number of amides is 1. The third-order valence-electron chi connectivity index (χ3n) is 3.27. The maximum absolute atomic E-state index is 13.4. The highest BCUT2D eigenvalue weighted by atomic mass is 32.2. The van der Waals surface area contributed by atoms with Gasteiger partial charge in [0.2, 0.25) is 15.9 Å². The van der Waals surface area contributed by atoms with Crippen molar-refractivity contribution in [3.8, 4) is 0 Å². The zero-order valence-corrected chi connectivity index (χ0v) is 14.1. The largest absolute Gasteiger partial charge is 0.324 e. The van der Waals surface area contributed by atoms with Crippen LogP contribution in [0.4, 0.5) is 14.5 Å². The second kappa shape index (κ2) is 8.93. The van der Waals surface area contributed by atoms with E-state index in [-0.39, 0.29) is 18.7 Å². The Hall–Kier alpha value is -1.54. The van der Waals surface area contributed by atoms with Gasteiger partial charge in [0.1, 0.15) is 11.6 Å². The summed E-state index contributed by atoms with van der Waals surface area (Å²) in [7, 11) is -3.40. The molecule has 0 radical (unpaired) electrons. The molecule has 0 fully saturated rings. The lowest BCUT2D eigenvalue weighted by Crippen LogP contribution is -2.34. The number of carbonyl (C=O) groups is 1. The van der Waals surface area contributed by atoms with Gasteiger partial charge in [0, 0.05) is 25.6 Å². The van der Waals surface area contributed by atoms with Crippen LogP contribution < -0.4 is 5.32 Å². The number of nitrogens with one attached hydrogen (secondary N) is 1. The second-order valence-corrected chi connectivity index (χ2v) is 7.27. The highest BCUT2D eigenvalue weighted by Gasteiger charge is 2.17. The molecule has 0 saturated heterocycles. The lowest BCUT2D eigenvalue weighted by atomic mass is 10.2. The first kappa shape index (κ1) is 19.5. The van der Waals surface area contributed by atoms with E-state index in [0.717, 1.165) is 37.7 Å². The summed E-state index contributed by atoms with van der Waals surface area (Å²) in [6, 6.07) is 2.83. The molecule has 0 heterocycles. The summed E-state index contributed by atoms with van der Waals surface area (Å²) in [4.78, 5) is 11.8. The fraction of sp³-hybridized carbons (Fsp3) is 0.533. The standard InChI is InChI=1S/C15H22F2N2O3S/c1-3-4-5-9-19(23(2,21)22)10-8-15(20)18-14-7-6-12(16)11-13(14)17/h6-7,11H,3-5,8-10H2,1-2H3,(H,18,20). The Morgan fingerprint density at radius 1 is 1.22 bits per heavy atom. The lowest BCUT2D eigenvalue weighted by molar-refractivity contribution is -0.116. The van der Waals surface area contributed by atoms with Gasteiger partial charge in [-0.25, -0.2) is 21.5 Å². The van der Waals surface area contributed by atoms with Crippen LogP contribution in [0.15, 0.2) is 18.2 Å². The summed E-state index contributed by atoms with van der Waals surface area (Å²) in [5, 5.41) is 2.31. The number of halogens is 2. The van der Waals surface area contributed by atoms with Crippen LogP contribution >= 0.6 is 0 Å². The van der Waals surface area contributed by atoms with Gasteiger partial charge in [-0.1, -0.05) is 19.8 Å². The molecule has 0 atom stereocenters. The number of hydrogen-bond donors (Lipinski definition) is 1. The molecule has 8 heteroatoms. The zero-order valence-electron chi connectivity index (χ0n) is 13.3. The van der Waals surface area contributed by atoms with Crippen LogP contribution in [-0.4, -0.2) is 38.0 Å². The number of carbonyl (C=O) groups excluding carboxylic acids is 1. The number of sulfonamides is 1. The molecule has 23 heavy (non-hydrogen) atoms. The Morgan fingerprint density at radius 3 is 2.48 bits per heavy atom. The molecule has 1 aromatic carbocycles. The van der Waals surface area contributed by atoms with E-state index in [2.05, 4.69) is 5.32 Å². The van der Waals surface area contributed by atoms with Crippen molar-refractivity contribution in [2.45, 2.75) is 32.6 Å². The van der Waals surface area contributed by atoms with Crippen LogP contribution in [0.25, 0.3) is 0 Å². The van der Waals surface area contributed by atoms with Crippen molar-refractivity contribution in [1.29, 1.82) is 0 Å². The van der Waals surface area contributed by atoms with E-state index < -0.39 is 27.6 Å². The predicted molar refractivity (Wildman–Crippen MR) is 85.5 cm³/mol. The number of hydrogen-bond acceptors (Lipinski definition) is 3. The fourth-order valence-corrected chi connectivity index (χ4v) is 2.90. The van der Waals surface area contributed by atoms with Gasteiger partial charge in [0.25, 0.3) is 0 Å². The molecule has 0 aliphatic rings. The van der Waals surface area contributed by atoms with Gasteiger partial charge >= 0.3 is 0 Å².